The maximum Gasteiger partial charge on any atom is 0.229 e. The first-order valence-electron chi connectivity index (χ1n) is 8.31. The minimum atomic E-state index is -0.312. The van der Waals surface area contributed by atoms with Crippen LogP contribution in [0.4, 0.5) is 10.1 Å². The Balaban J connectivity index is 1.68. The van der Waals surface area contributed by atoms with Crippen LogP contribution in [0.5, 0.6) is 0 Å². The fourth-order valence-electron chi connectivity index (χ4n) is 3.39. The lowest BCUT2D eigenvalue weighted by atomic mass is 9.86. The number of benzene rings is 2. The molecular weight excluding hydrogens is 349 g/mol. The lowest BCUT2D eigenvalue weighted by Gasteiger charge is -2.42. The molecule has 6 heteroatoms. The van der Waals surface area contributed by atoms with E-state index in [1.165, 1.54) is 17.8 Å². The summed E-state index contributed by atoms with van der Waals surface area (Å²) >= 11 is 1.42. The van der Waals surface area contributed by atoms with Crippen molar-refractivity contribution >= 4 is 23.4 Å². The molecule has 1 amide bonds. The summed E-state index contributed by atoms with van der Waals surface area (Å²) in [6, 6.07) is 18.5. The van der Waals surface area contributed by atoms with Gasteiger partial charge in [0.15, 0.2) is 0 Å². The number of halogens is 1. The zero-order chi connectivity index (χ0) is 18.1. The molecule has 0 N–H and O–H groups in total. The van der Waals surface area contributed by atoms with Crippen LogP contribution in [0, 0.1) is 17.1 Å². The molecule has 0 bridgehead atoms. The molecule has 2 aromatic rings. The summed E-state index contributed by atoms with van der Waals surface area (Å²) in [6.07, 6.45) is 0.252. The number of hydrogen-bond acceptors (Lipinski definition) is 4. The van der Waals surface area contributed by atoms with Gasteiger partial charge in [-0.1, -0.05) is 54.2 Å². The first-order valence-corrected chi connectivity index (χ1v) is 9.29. The van der Waals surface area contributed by atoms with Crippen LogP contribution in [0.2, 0.25) is 0 Å². The maximum atomic E-state index is 14.1. The standard InChI is InChI=1S/C20H16FN3OS/c21-17-8-4-5-9-18(17)23-12-24-19(25)10-15(14-6-2-1-3-7-14)16(11-22)20(24)26-13-23/h1-9,15H,10,12-13H2/t15-/m1/s1. The number of thioether (sulfide) groups is 1. The normalized spacial score (nSPS) is 20.0. The topological polar surface area (TPSA) is 47.3 Å². The van der Waals surface area contributed by atoms with Gasteiger partial charge in [0.25, 0.3) is 0 Å². The van der Waals surface area contributed by atoms with Crippen LogP contribution in [0.15, 0.2) is 65.2 Å². The molecule has 2 aliphatic heterocycles. The first-order chi connectivity index (χ1) is 12.7. The zero-order valence-electron chi connectivity index (χ0n) is 13.9. The van der Waals surface area contributed by atoms with E-state index in [1.54, 1.807) is 23.1 Å². The summed E-state index contributed by atoms with van der Waals surface area (Å²) < 4.78 is 14.1. The number of para-hydroxylation sites is 1. The zero-order valence-corrected chi connectivity index (χ0v) is 14.7. The van der Waals surface area contributed by atoms with Crippen LogP contribution >= 0.6 is 11.8 Å². The minimum Gasteiger partial charge on any atom is -0.341 e. The highest BCUT2D eigenvalue weighted by atomic mass is 32.2. The van der Waals surface area contributed by atoms with Gasteiger partial charge in [0.05, 0.1) is 34.9 Å². The highest BCUT2D eigenvalue weighted by Crippen LogP contribution is 2.43. The molecule has 2 aliphatic rings. The van der Waals surface area contributed by atoms with E-state index >= 15 is 0 Å². The Labute approximate surface area is 155 Å². The van der Waals surface area contributed by atoms with E-state index in [1.807, 2.05) is 35.2 Å². The molecule has 1 atom stereocenters. The second-order valence-electron chi connectivity index (χ2n) is 6.23. The van der Waals surface area contributed by atoms with Crippen LogP contribution in [0.1, 0.15) is 17.9 Å². The van der Waals surface area contributed by atoms with E-state index in [4.69, 9.17) is 0 Å². The maximum absolute atomic E-state index is 14.1. The number of nitriles is 1. The molecule has 2 aromatic carbocycles. The largest absolute Gasteiger partial charge is 0.341 e. The fraction of sp³-hybridized carbons (Fsp3) is 0.200. The van der Waals surface area contributed by atoms with Crippen LogP contribution in [-0.4, -0.2) is 23.4 Å². The predicted molar refractivity (Wildman–Crippen MR) is 99.5 cm³/mol. The Hall–Kier alpha value is -2.78. The van der Waals surface area contributed by atoms with E-state index in [-0.39, 0.29) is 30.7 Å². The third-order valence-electron chi connectivity index (χ3n) is 4.69. The Morgan fingerprint density at radius 1 is 1.12 bits per heavy atom. The number of rotatable bonds is 2. The van der Waals surface area contributed by atoms with E-state index in [0.717, 1.165) is 5.56 Å². The molecule has 130 valence electrons. The molecule has 4 nitrogen and oxygen atoms in total. The number of hydrogen-bond donors (Lipinski definition) is 0. The van der Waals surface area contributed by atoms with Crippen molar-refractivity contribution in [3.05, 3.63) is 76.6 Å². The van der Waals surface area contributed by atoms with E-state index in [0.29, 0.717) is 22.2 Å². The molecule has 4 rings (SSSR count). The first kappa shape index (κ1) is 16.7. The summed E-state index contributed by atoms with van der Waals surface area (Å²) in [5.41, 5.74) is 2.06. The smallest absolute Gasteiger partial charge is 0.229 e. The van der Waals surface area contributed by atoms with Crippen molar-refractivity contribution in [1.82, 2.24) is 4.90 Å². The summed E-state index contributed by atoms with van der Waals surface area (Å²) in [5, 5.41) is 10.4. The SMILES string of the molecule is N#CC1=C2SCN(c3ccccc3F)CN2C(=O)C[C@@H]1c1ccccc1. The molecular formula is C20H16FN3OS. The molecule has 0 aromatic heterocycles. The summed E-state index contributed by atoms with van der Waals surface area (Å²) in [6.45, 7) is 0.259. The molecule has 1 fully saturated rings. The van der Waals surface area contributed by atoms with Gasteiger partial charge < -0.3 is 4.90 Å². The van der Waals surface area contributed by atoms with Crippen LogP contribution in [-0.2, 0) is 4.79 Å². The molecule has 0 spiro atoms. The average molecular weight is 365 g/mol. The van der Waals surface area contributed by atoms with Crippen LogP contribution in [0.3, 0.4) is 0 Å². The molecule has 26 heavy (non-hydrogen) atoms. The average Bonchev–Trinajstić information content (AvgIpc) is 2.69. The van der Waals surface area contributed by atoms with Crippen molar-refractivity contribution in [2.24, 2.45) is 0 Å². The van der Waals surface area contributed by atoms with Crippen molar-refractivity contribution in [3.8, 4) is 6.07 Å². The summed E-state index contributed by atoms with van der Waals surface area (Å²) in [5.74, 6) is -0.0753. The van der Waals surface area contributed by atoms with Crippen molar-refractivity contribution in [3.63, 3.8) is 0 Å². The Bertz CT molecular complexity index is 922. The third-order valence-corrected chi connectivity index (χ3v) is 5.84. The highest BCUT2D eigenvalue weighted by molar-refractivity contribution is 8.03. The van der Waals surface area contributed by atoms with E-state index in [9.17, 15) is 14.4 Å². The van der Waals surface area contributed by atoms with Gasteiger partial charge in [-0.3, -0.25) is 9.69 Å². The number of allylic oxidation sites excluding steroid dienone is 1. The molecule has 0 saturated carbocycles. The number of carbonyl (C=O) groups excluding carboxylic acids is 1. The second kappa shape index (κ2) is 6.85. The van der Waals surface area contributed by atoms with Gasteiger partial charge in [0.1, 0.15) is 5.82 Å². The molecule has 2 heterocycles. The lowest BCUT2D eigenvalue weighted by molar-refractivity contribution is -0.129. The van der Waals surface area contributed by atoms with Crippen LogP contribution in [0.25, 0.3) is 0 Å². The molecule has 0 aliphatic carbocycles. The number of carbonyl (C=O) groups is 1. The van der Waals surface area contributed by atoms with Crippen molar-refractivity contribution in [2.45, 2.75) is 12.3 Å². The van der Waals surface area contributed by atoms with Crippen LogP contribution < -0.4 is 4.90 Å². The molecule has 1 saturated heterocycles. The fourth-order valence-corrected chi connectivity index (χ4v) is 4.55. The Kier molecular flexibility index (Phi) is 4.39. The second-order valence-corrected chi connectivity index (χ2v) is 7.16. The van der Waals surface area contributed by atoms with Gasteiger partial charge in [-0.15, -0.1) is 0 Å². The minimum absolute atomic E-state index is 0.0404. The van der Waals surface area contributed by atoms with E-state index < -0.39 is 0 Å². The Morgan fingerprint density at radius 3 is 2.58 bits per heavy atom. The van der Waals surface area contributed by atoms with Crippen molar-refractivity contribution in [2.75, 3.05) is 17.4 Å². The van der Waals surface area contributed by atoms with Crippen molar-refractivity contribution < 1.29 is 9.18 Å². The van der Waals surface area contributed by atoms with Gasteiger partial charge >= 0.3 is 0 Å². The molecule has 0 unspecified atom stereocenters. The van der Waals surface area contributed by atoms with Gasteiger partial charge in [-0.25, -0.2) is 4.39 Å². The lowest BCUT2D eigenvalue weighted by Crippen LogP contribution is -2.47. The van der Waals surface area contributed by atoms with Gasteiger partial charge in [0, 0.05) is 12.3 Å². The number of anilines is 1. The van der Waals surface area contributed by atoms with E-state index in [2.05, 4.69) is 6.07 Å². The summed E-state index contributed by atoms with van der Waals surface area (Å²) in [7, 11) is 0. The van der Waals surface area contributed by atoms with Crippen molar-refractivity contribution in [1.29, 1.82) is 5.26 Å². The van der Waals surface area contributed by atoms with Gasteiger partial charge in [-0.2, -0.15) is 5.26 Å². The predicted octanol–water partition coefficient (Wildman–Crippen LogP) is 4.05. The number of fused-ring (bicyclic) bond motifs is 1. The summed E-state index contributed by atoms with van der Waals surface area (Å²) in [4.78, 5) is 16.2. The van der Waals surface area contributed by atoms with Gasteiger partial charge in [0.2, 0.25) is 5.91 Å². The number of nitrogens with zero attached hydrogens (tertiary/aromatic N) is 3. The Morgan fingerprint density at radius 2 is 1.85 bits per heavy atom. The monoisotopic (exact) mass is 365 g/mol. The quantitative estimate of drug-likeness (QED) is 0.806. The number of amides is 1. The highest BCUT2D eigenvalue weighted by Gasteiger charge is 2.38. The molecule has 0 radical (unpaired) electrons. The van der Waals surface area contributed by atoms with Gasteiger partial charge in [-0.05, 0) is 17.7 Å². The third kappa shape index (κ3) is 2.85.